The van der Waals surface area contributed by atoms with Crippen molar-refractivity contribution in [3.05, 3.63) is 25.3 Å². The molecule has 0 radical (unpaired) electrons. The summed E-state index contributed by atoms with van der Waals surface area (Å²) in [5, 5.41) is 13.3. The van der Waals surface area contributed by atoms with Crippen LogP contribution in [0.4, 0.5) is 0 Å². The molecule has 1 saturated heterocycles. The molecule has 2 N–H and O–H groups in total. The molecular formula is C17H26N2O3. The number of likely N-dealkylation sites (tertiary alicyclic amines) is 1. The SMILES string of the molecule is C=CCC(O)(CC=C)CNC(=O)[C@H]1CCC(=O)N(C2CC2)C1. The molecule has 0 aromatic rings. The monoisotopic (exact) mass is 306 g/mol. The van der Waals surface area contributed by atoms with E-state index >= 15 is 0 Å². The molecule has 1 aliphatic heterocycles. The lowest BCUT2D eigenvalue weighted by atomic mass is 9.93. The molecule has 2 fully saturated rings. The van der Waals surface area contributed by atoms with E-state index in [1.807, 2.05) is 4.90 Å². The molecule has 0 unspecified atom stereocenters. The van der Waals surface area contributed by atoms with E-state index in [-0.39, 0.29) is 24.3 Å². The molecule has 22 heavy (non-hydrogen) atoms. The first kappa shape index (κ1) is 16.7. The maximum atomic E-state index is 12.3. The largest absolute Gasteiger partial charge is 0.387 e. The van der Waals surface area contributed by atoms with Crippen molar-refractivity contribution >= 4 is 11.8 Å². The van der Waals surface area contributed by atoms with Crippen LogP contribution in [-0.4, -0.2) is 46.6 Å². The molecule has 122 valence electrons. The van der Waals surface area contributed by atoms with Crippen LogP contribution in [0.25, 0.3) is 0 Å². The number of amides is 2. The van der Waals surface area contributed by atoms with E-state index in [1.165, 1.54) is 0 Å². The second-order valence-electron chi connectivity index (χ2n) is 6.44. The van der Waals surface area contributed by atoms with E-state index < -0.39 is 5.60 Å². The Kier molecular flexibility index (Phi) is 5.40. The number of carbonyl (C=O) groups excluding carboxylic acids is 2. The summed E-state index contributed by atoms with van der Waals surface area (Å²) in [6.45, 7) is 7.97. The number of aliphatic hydroxyl groups is 1. The van der Waals surface area contributed by atoms with Crippen LogP contribution in [-0.2, 0) is 9.59 Å². The molecule has 0 aromatic heterocycles. The molecule has 0 spiro atoms. The fourth-order valence-electron chi connectivity index (χ4n) is 2.99. The van der Waals surface area contributed by atoms with Crippen LogP contribution in [0.15, 0.2) is 25.3 Å². The fraction of sp³-hybridized carbons (Fsp3) is 0.647. The van der Waals surface area contributed by atoms with Crippen LogP contribution < -0.4 is 5.32 Å². The Balaban J connectivity index is 1.87. The molecule has 2 rings (SSSR count). The van der Waals surface area contributed by atoms with Crippen molar-refractivity contribution in [2.45, 2.75) is 50.2 Å². The highest BCUT2D eigenvalue weighted by Crippen LogP contribution is 2.31. The normalized spacial score (nSPS) is 22.3. The summed E-state index contributed by atoms with van der Waals surface area (Å²) >= 11 is 0. The Labute approximate surface area is 132 Å². The summed E-state index contributed by atoms with van der Waals surface area (Å²) in [7, 11) is 0. The molecule has 1 atom stereocenters. The summed E-state index contributed by atoms with van der Waals surface area (Å²) in [5.74, 6) is -0.0823. The van der Waals surface area contributed by atoms with Crippen molar-refractivity contribution in [2.75, 3.05) is 13.1 Å². The summed E-state index contributed by atoms with van der Waals surface area (Å²) in [6, 6.07) is 0.349. The first-order chi connectivity index (χ1) is 10.5. The van der Waals surface area contributed by atoms with Gasteiger partial charge < -0.3 is 15.3 Å². The lowest BCUT2D eigenvalue weighted by molar-refractivity contribution is -0.139. The zero-order valence-corrected chi connectivity index (χ0v) is 13.1. The Morgan fingerprint density at radius 2 is 1.95 bits per heavy atom. The van der Waals surface area contributed by atoms with E-state index in [4.69, 9.17) is 0 Å². The molecule has 0 aromatic carbocycles. The standard InChI is InChI=1S/C17H26N2O3/c1-3-9-17(22,10-4-2)12-18-16(21)13-5-8-15(20)19(11-13)14-6-7-14/h3-4,13-14,22H,1-2,5-12H2,(H,18,21)/t13-/m0/s1. The highest BCUT2D eigenvalue weighted by Gasteiger charge is 2.38. The Morgan fingerprint density at radius 3 is 2.50 bits per heavy atom. The lowest BCUT2D eigenvalue weighted by Gasteiger charge is -2.33. The predicted octanol–water partition coefficient (Wildman–Crippen LogP) is 1.39. The van der Waals surface area contributed by atoms with Crippen molar-refractivity contribution in [3.63, 3.8) is 0 Å². The second-order valence-corrected chi connectivity index (χ2v) is 6.44. The minimum absolute atomic E-state index is 0.0790. The molecule has 5 heteroatoms. The average molecular weight is 306 g/mol. The number of hydrogen-bond acceptors (Lipinski definition) is 3. The van der Waals surface area contributed by atoms with Gasteiger partial charge in [0.25, 0.3) is 0 Å². The van der Waals surface area contributed by atoms with Crippen molar-refractivity contribution in [2.24, 2.45) is 5.92 Å². The second kappa shape index (κ2) is 7.09. The molecule has 2 aliphatic rings. The maximum absolute atomic E-state index is 12.3. The molecule has 0 bridgehead atoms. The quantitative estimate of drug-likeness (QED) is 0.666. The summed E-state index contributed by atoms with van der Waals surface area (Å²) in [4.78, 5) is 26.1. The zero-order chi connectivity index (χ0) is 16.2. The average Bonchev–Trinajstić information content (AvgIpc) is 3.30. The molecule has 1 heterocycles. The van der Waals surface area contributed by atoms with Gasteiger partial charge in [-0.2, -0.15) is 0 Å². The highest BCUT2D eigenvalue weighted by atomic mass is 16.3. The first-order valence-electron chi connectivity index (χ1n) is 8.00. The van der Waals surface area contributed by atoms with Gasteiger partial charge in [-0.3, -0.25) is 9.59 Å². The van der Waals surface area contributed by atoms with Gasteiger partial charge in [-0.15, -0.1) is 13.2 Å². The minimum Gasteiger partial charge on any atom is -0.387 e. The van der Waals surface area contributed by atoms with Gasteiger partial charge in [0.15, 0.2) is 0 Å². The topological polar surface area (TPSA) is 69.6 Å². The summed E-state index contributed by atoms with van der Waals surface area (Å²) in [6.07, 6.45) is 7.23. The smallest absolute Gasteiger partial charge is 0.225 e. The van der Waals surface area contributed by atoms with Crippen LogP contribution in [0.1, 0.15) is 38.5 Å². The number of nitrogens with zero attached hydrogens (tertiary/aromatic N) is 1. The molecule has 1 aliphatic carbocycles. The predicted molar refractivity (Wildman–Crippen MR) is 85.0 cm³/mol. The third-order valence-corrected chi connectivity index (χ3v) is 4.44. The third kappa shape index (κ3) is 4.19. The highest BCUT2D eigenvalue weighted by molar-refractivity contribution is 5.84. The summed E-state index contributed by atoms with van der Waals surface area (Å²) in [5.41, 5.74) is -1.03. The van der Waals surface area contributed by atoms with Crippen molar-refractivity contribution in [1.82, 2.24) is 10.2 Å². The van der Waals surface area contributed by atoms with Gasteiger partial charge in [-0.05, 0) is 32.1 Å². The Hall–Kier alpha value is -1.62. The molecule has 1 saturated carbocycles. The van der Waals surface area contributed by atoms with Gasteiger partial charge in [0.1, 0.15) is 0 Å². The number of piperidine rings is 1. The van der Waals surface area contributed by atoms with Gasteiger partial charge in [0.05, 0.1) is 11.5 Å². The van der Waals surface area contributed by atoms with E-state index in [9.17, 15) is 14.7 Å². The number of carbonyl (C=O) groups is 2. The van der Waals surface area contributed by atoms with Crippen molar-refractivity contribution in [1.29, 1.82) is 0 Å². The fourth-order valence-corrected chi connectivity index (χ4v) is 2.99. The molecule has 5 nitrogen and oxygen atoms in total. The third-order valence-electron chi connectivity index (χ3n) is 4.44. The zero-order valence-electron chi connectivity index (χ0n) is 13.1. The summed E-state index contributed by atoms with van der Waals surface area (Å²) < 4.78 is 0. The van der Waals surface area contributed by atoms with Crippen LogP contribution >= 0.6 is 0 Å². The van der Waals surface area contributed by atoms with Gasteiger partial charge in [-0.25, -0.2) is 0 Å². The van der Waals surface area contributed by atoms with Gasteiger partial charge in [0, 0.05) is 25.6 Å². The number of hydrogen-bond donors (Lipinski definition) is 2. The van der Waals surface area contributed by atoms with E-state index in [0.29, 0.717) is 38.3 Å². The van der Waals surface area contributed by atoms with E-state index in [0.717, 1.165) is 12.8 Å². The Bertz CT molecular complexity index is 447. The molecular weight excluding hydrogens is 280 g/mol. The van der Waals surface area contributed by atoms with E-state index in [1.54, 1.807) is 12.2 Å². The number of rotatable bonds is 8. The first-order valence-corrected chi connectivity index (χ1v) is 8.00. The maximum Gasteiger partial charge on any atom is 0.225 e. The van der Waals surface area contributed by atoms with Crippen LogP contribution in [0.5, 0.6) is 0 Å². The lowest BCUT2D eigenvalue weighted by Crippen LogP contribution is -2.49. The van der Waals surface area contributed by atoms with Gasteiger partial charge in [-0.1, -0.05) is 12.2 Å². The van der Waals surface area contributed by atoms with Crippen LogP contribution in [0.2, 0.25) is 0 Å². The van der Waals surface area contributed by atoms with Crippen LogP contribution in [0.3, 0.4) is 0 Å². The molecule has 2 amide bonds. The van der Waals surface area contributed by atoms with Gasteiger partial charge in [0.2, 0.25) is 11.8 Å². The minimum atomic E-state index is -1.03. The van der Waals surface area contributed by atoms with Crippen LogP contribution in [0, 0.1) is 5.92 Å². The van der Waals surface area contributed by atoms with Crippen molar-refractivity contribution in [3.8, 4) is 0 Å². The van der Waals surface area contributed by atoms with Gasteiger partial charge >= 0.3 is 0 Å². The Morgan fingerprint density at radius 1 is 1.32 bits per heavy atom. The van der Waals surface area contributed by atoms with E-state index in [2.05, 4.69) is 18.5 Å². The van der Waals surface area contributed by atoms with Crippen molar-refractivity contribution < 1.29 is 14.7 Å². The number of nitrogens with one attached hydrogen (secondary N) is 1.